The largest absolute Gasteiger partial charge is 0.382 e. The molecule has 0 aromatic carbocycles. The lowest BCUT2D eigenvalue weighted by atomic mass is 9.93. The standard InChI is InChI=1S/C16H23ClN2O4/c1-5-22-8-6-7-10-13(17)15(21)19(14(10)20)12-9-11(23-18-12)16(2,3)4/h9,14,20H,5-8H2,1-4H3. The molecular formula is C16H23ClN2O4. The highest BCUT2D eigenvalue weighted by Gasteiger charge is 2.40. The van der Waals surface area contributed by atoms with Crippen molar-refractivity contribution >= 4 is 23.3 Å². The SMILES string of the molecule is CCOCCCC1=C(Cl)C(=O)N(c2cc(C(C)(C)C)on2)C1O. The van der Waals surface area contributed by atoms with Gasteiger partial charge in [-0.1, -0.05) is 37.5 Å². The van der Waals surface area contributed by atoms with E-state index in [1.807, 2.05) is 27.7 Å². The second-order valence-corrected chi connectivity index (χ2v) is 6.87. The first kappa shape index (κ1) is 18.0. The van der Waals surface area contributed by atoms with E-state index < -0.39 is 12.1 Å². The van der Waals surface area contributed by atoms with Gasteiger partial charge in [-0.15, -0.1) is 0 Å². The van der Waals surface area contributed by atoms with Gasteiger partial charge in [-0.25, -0.2) is 0 Å². The molecule has 1 aliphatic rings. The van der Waals surface area contributed by atoms with Crippen LogP contribution in [0.2, 0.25) is 0 Å². The van der Waals surface area contributed by atoms with Crippen LogP contribution in [0.15, 0.2) is 21.2 Å². The third-order valence-corrected chi connectivity index (χ3v) is 4.07. The van der Waals surface area contributed by atoms with Crippen LogP contribution in [0.1, 0.15) is 46.3 Å². The van der Waals surface area contributed by atoms with Gasteiger partial charge in [-0.05, 0) is 19.8 Å². The molecule has 1 amide bonds. The number of anilines is 1. The number of aliphatic hydroxyl groups is 1. The van der Waals surface area contributed by atoms with Gasteiger partial charge in [0, 0.05) is 30.3 Å². The van der Waals surface area contributed by atoms with Gasteiger partial charge in [0.1, 0.15) is 10.8 Å². The first-order valence-corrected chi connectivity index (χ1v) is 8.10. The van der Waals surface area contributed by atoms with Crippen molar-refractivity contribution in [2.75, 3.05) is 18.1 Å². The highest BCUT2D eigenvalue weighted by molar-refractivity contribution is 6.45. The van der Waals surface area contributed by atoms with Crippen LogP contribution >= 0.6 is 11.6 Å². The summed E-state index contributed by atoms with van der Waals surface area (Å²) in [6, 6.07) is 1.66. The van der Waals surface area contributed by atoms with Crippen molar-refractivity contribution in [3.8, 4) is 0 Å². The summed E-state index contributed by atoms with van der Waals surface area (Å²) >= 11 is 6.11. The summed E-state index contributed by atoms with van der Waals surface area (Å²) < 4.78 is 10.6. The third-order valence-electron chi connectivity index (χ3n) is 3.67. The molecule has 1 N–H and O–H groups in total. The first-order chi connectivity index (χ1) is 10.8. The van der Waals surface area contributed by atoms with Gasteiger partial charge in [0.05, 0.1) is 0 Å². The summed E-state index contributed by atoms with van der Waals surface area (Å²) in [7, 11) is 0. The van der Waals surface area contributed by atoms with Crippen molar-refractivity contribution in [3.05, 3.63) is 22.4 Å². The molecule has 0 fully saturated rings. The van der Waals surface area contributed by atoms with Crippen molar-refractivity contribution in [1.29, 1.82) is 0 Å². The van der Waals surface area contributed by atoms with E-state index in [0.717, 1.165) is 4.90 Å². The van der Waals surface area contributed by atoms with Crippen LogP contribution < -0.4 is 4.90 Å². The molecule has 1 aromatic heterocycles. The van der Waals surface area contributed by atoms with E-state index in [4.69, 9.17) is 20.9 Å². The maximum atomic E-state index is 12.3. The molecule has 0 saturated carbocycles. The Morgan fingerprint density at radius 2 is 2.17 bits per heavy atom. The summed E-state index contributed by atoms with van der Waals surface area (Å²) in [5.41, 5.74) is 0.257. The molecule has 0 aliphatic carbocycles. The number of hydrogen-bond donors (Lipinski definition) is 1. The Hall–Kier alpha value is -1.37. The molecule has 1 unspecified atom stereocenters. The van der Waals surface area contributed by atoms with Crippen molar-refractivity contribution < 1.29 is 19.2 Å². The zero-order valence-corrected chi connectivity index (χ0v) is 14.7. The predicted octanol–water partition coefficient (Wildman–Crippen LogP) is 2.95. The minimum absolute atomic E-state index is 0.0503. The highest BCUT2D eigenvalue weighted by Crippen LogP contribution is 2.35. The second-order valence-electron chi connectivity index (χ2n) is 6.49. The van der Waals surface area contributed by atoms with Crippen LogP contribution in [0.4, 0.5) is 5.82 Å². The van der Waals surface area contributed by atoms with E-state index in [9.17, 15) is 9.90 Å². The molecule has 0 saturated heterocycles. The molecule has 1 aliphatic heterocycles. The molecule has 0 spiro atoms. The van der Waals surface area contributed by atoms with Crippen LogP contribution in [-0.4, -0.2) is 35.6 Å². The van der Waals surface area contributed by atoms with Gasteiger partial charge in [0.25, 0.3) is 5.91 Å². The Morgan fingerprint density at radius 1 is 1.48 bits per heavy atom. The van der Waals surface area contributed by atoms with E-state index in [2.05, 4.69) is 5.16 Å². The fourth-order valence-corrected chi connectivity index (χ4v) is 2.62. The minimum Gasteiger partial charge on any atom is -0.382 e. The maximum Gasteiger partial charge on any atom is 0.273 e. The van der Waals surface area contributed by atoms with Gasteiger partial charge >= 0.3 is 0 Å². The smallest absolute Gasteiger partial charge is 0.273 e. The van der Waals surface area contributed by atoms with Gasteiger partial charge < -0.3 is 14.4 Å². The predicted molar refractivity (Wildman–Crippen MR) is 87.3 cm³/mol. The quantitative estimate of drug-likeness (QED) is 0.804. The zero-order chi connectivity index (χ0) is 17.2. The molecule has 7 heteroatoms. The summed E-state index contributed by atoms with van der Waals surface area (Å²) in [5, 5.41) is 14.4. The van der Waals surface area contributed by atoms with Crippen LogP contribution in [0.25, 0.3) is 0 Å². The fourth-order valence-electron chi connectivity index (χ4n) is 2.33. The number of ether oxygens (including phenoxy) is 1. The van der Waals surface area contributed by atoms with E-state index >= 15 is 0 Å². The number of hydrogen-bond acceptors (Lipinski definition) is 5. The Morgan fingerprint density at radius 3 is 2.74 bits per heavy atom. The van der Waals surface area contributed by atoms with E-state index in [-0.39, 0.29) is 16.3 Å². The number of amides is 1. The molecule has 2 rings (SSSR count). The van der Waals surface area contributed by atoms with E-state index in [1.165, 1.54) is 0 Å². The van der Waals surface area contributed by atoms with Crippen LogP contribution in [-0.2, 0) is 14.9 Å². The lowest BCUT2D eigenvalue weighted by Crippen LogP contribution is -2.35. The molecule has 1 aromatic rings. The van der Waals surface area contributed by atoms with Gasteiger partial charge in [0.15, 0.2) is 12.0 Å². The number of halogens is 1. The summed E-state index contributed by atoms with van der Waals surface area (Å²) in [6.07, 6.45) is 0.0603. The lowest BCUT2D eigenvalue weighted by molar-refractivity contribution is -0.115. The number of carbonyl (C=O) groups is 1. The van der Waals surface area contributed by atoms with Gasteiger partial charge in [0.2, 0.25) is 0 Å². The number of rotatable bonds is 6. The normalized spacial score (nSPS) is 19.1. The molecule has 6 nitrogen and oxygen atoms in total. The number of aliphatic hydroxyl groups excluding tert-OH is 1. The highest BCUT2D eigenvalue weighted by atomic mass is 35.5. The molecule has 0 bridgehead atoms. The molecular weight excluding hydrogens is 320 g/mol. The Labute approximate surface area is 141 Å². The lowest BCUT2D eigenvalue weighted by Gasteiger charge is -2.19. The number of nitrogens with zero attached hydrogens (tertiary/aromatic N) is 2. The van der Waals surface area contributed by atoms with Crippen molar-refractivity contribution in [1.82, 2.24) is 5.16 Å². The Kier molecular flexibility index (Phi) is 5.49. The Bertz CT molecular complexity index is 603. The molecule has 0 radical (unpaired) electrons. The van der Waals surface area contributed by atoms with Crippen molar-refractivity contribution in [2.24, 2.45) is 0 Å². The Balaban J connectivity index is 2.14. The summed E-state index contributed by atoms with van der Waals surface area (Å²) in [4.78, 5) is 13.5. The van der Waals surface area contributed by atoms with Crippen molar-refractivity contribution in [3.63, 3.8) is 0 Å². The zero-order valence-electron chi connectivity index (χ0n) is 13.9. The van der Waals surface area contributed by atoms with E-state index in [1.54, 1.807) is 6.07 Å². The number of carbonyl (C=O) groups excluding carboxylic acids is 1. The molecule has 2 heterocycles. The van der Waals surface area contributed by atoms with E-state index in [0.29, 0.717) is 37.4 Å². The summed E-state index contributed by atoms with van der Waals surface area (Å²) in [6.45, 7) is 9.04. The van der Waals surface area contributed by atoms with Crippen molar-refractivity contribution in [2.45, 2.75) is 52.2 Å². The molecule has 23 heavy (non-hydrogen) atoms. The van der Waals surface area contributed by atoms with Gasteiger partial charge in [-0.3, -0.25) is 9.69 Å². The maximum absolute atomic E-state index is 12.3. The van der Waals surface area contributed by atoms with Crippen LogP contribution in [0.5, 0.6) is 0 Å². The molecule has 1 atom stereocenters. The third kappa shape index (κ3) is 3.76. The number of aromatic nitrogens is 1. The topological polar surface area (TPSA) is 75.8 Å². The monoisotopic (exact) mass is 342 g/mol. The first-order valence-electron chi connectivity index (χ1n) is 7.72. The molecule has 128 valence electrons. The average Bonchev–Trinajstić information content (AvgIpc) is 3.02. The minimum atomic E-state index is -1.12. The average molecular weight is 343 g/mol. The fraction of sp³-hybridized carbons (Fsp3) is 0.625. The summed E-state index contributed by atoms with van der Waals surface area (Å²) in [5.74, 6) is 0.443. The van der Waals surface area contributed by atoms with Gasteiger partial charge in [-0.2, -0.15) is 0 Å². The van der Waals surface area contributed by atoms with Crippen LogP contribution in [0.3, 0.4) is 0 Å². The van der Waals surface area contributed by atoms with Crippen LogP contribution in [0, 0.1) is 0 Å². The second kappa shape index (κ2) is 7.03.